The van der Waals surface area contributed by atoms with Gasteiger partial charge in [0.2, 0.25) is 5.91 Å². The van der Waals surface area contributed by atoms with Gasteiger partial charge in [0.25, 0.3) is 0 Å². The summed E-state index contributed by atoms with van der Waals surface area (Å²) in [7, 11) is 0. The second-order valence-corrected chi connectivity index (χ2v) is 5.85. The van der Waals surface area contributed by atoms with Crippen LogP contribution in [0.1, 0.15) is 52.9 Å². The number of piperidine rings is 1. The van der Waals surface area contributed by atoms with Crippen molar-refractivity contribution in [3.8, 4) is 0 Å². The number of amides is 1. The van der Waals surface area contributed by atoms with Gasteiger partial charge in [-0.25, -0.2) is 0 Å². The zero-order chi connectivity index (χ0) is 15.1. The van der Waals surface area contributed by atoms with Gasteiger partial charge in [-0.15, -0.1) is 0 Å². The average molecular weight is 284 g/mol. The number of likely N-dealkylation sites (tertiary alicyclic amines) is 1. The second kappa shape index (κ2) is 8.25. The standard InChI is InChI=1S/C15H28N2O3/c1-4-13-7-5-6-9-17(13)14(18)11-16(12(2)3)10-8-15(19)20/h12-13H,4-11H2,1-3H3,(H,19,20). The predicted octanol–water partition coefficient (Wildman–Crippen LogP) is 1.96. The van der Waals surface area contributed by atoms with Crippen LogP contribution in [-0.2, 0) is 9.59 Å². The molecule has 1 amide bonds. The molecule has 0 aromatic carbocycles. The molecule has 1 aliphatic rings. The van der Waals surface area contributed by atoms with Gasteiger partial charge in [0.1, 0.15) is 0 Å². The molecule has 0 saturated carbocycles. The molecule has 0 aromatic rings. The highest BCUT2D eigenvalue weighted by molar-refractivity contribution is 5.78. The summed E-state index contributed by atoms with van der Waals surface area (Å²) >= 11 is 0. The van der Waals surface area contributed by atoms with Crippen LogP contribution in [-0.4, -0.2) is 58.5 Å². The quantitative estimate of drug-likeness (QED) is 0.776. The van der Waals surface area contributed by atoms with Crippen LogP contribution in [0.5, 0.6) is 0 Å². The highest BCUT2D eigenvalue weighted by Gasteiger charge is 2.27. The minimum absolute atomic E-state index is 0.0860. The largest absolute Gasteiger partial charge is 0.481 e. The molecule has 1 unspecified atom stereocenters. The maximum Gasteiger partial charge on any atom is 0.304 e. The number of aliphatic carboxylic acids is 1. The van der Waals surface area contributed by atoms with Gasteiger partial charge in [0.05, 0.1) is 13.0 Å². The summed E-state index contributed by atoms with van der Waals surface area (Å²) in [6, 6.07) is 0.549. The number of rotatable bonds is 7. The van der Waals surface area contributed by atoms with Crippen molar-refractivity contribution in [3.05, 3.63) is 0 Å². The Hall–Kier alpha value is -1.10. The fourth-order valence-electron chi connectivity index (χ4n) is 2.78. The van der Waals surface area contributed by atoms with Crippen molar-refractivity contribution in [2.24, 2.45) is 0 Å². The van der Waals surface area contributed by atoms with Crippen LogP contribution < -0.4 is 0 Å². The molecule has 20 heavy (non-hydrogen) atoms. The van der Waals surface area contributed by atoms with Crippen LogP contribution >= 0.6 is 0 Å². The van der Waals surface area contributed by atoms with Crippen molar-refractivity contribution in [1.29, 1.82) is 0 Å². The fourth-order valence-corrected chi connectivity index (χ4v) is 2.78. The molecule has 116 valence electrons. The smallest absolute Gasteiger partial charge is 0.304 e. The Labute approximate surface area is 121 Å². The maximum atomic E-state index is 12.5. The third-order valence-corrected chi connectivity index (χ3v) is 4.10. The van der Waals surface area contributed by atoms with Crippen LogP contribution in [0, 0.1) is 0 Å². The minimum atomic E-state index is -0.812. The lowest BCUT2D eigenvalue weighted by Crippen LogP contribution is -2.49. The van der Waals surface area contributed by atoms with Crippen LogP contribution in [0.15, 0.2) is 0 Å². The zero-order valence-electron chi connectivity index (χ0n) is 13.0. The van der Waals surface area contributed by atoms with E-state index in [0.717, 1.165) is 25.8 Å². The number of carboxylic acids is 1. The lowest BCUT2D eigenvalue weighted by molar-refractivity contribution is -0.140. The molecule has 1 N–H and O–H groups in total. The van der Waals surface area contributed by atoms with E-state index in [1.807, 2.05) is 23.6 Å². The highest BCUT2D eigenvalue weighted by Crippen LogP contribution is 2.20. The Morgan fingerprint density at radius 3 is 2.60 bits per heavy atom. The second-order valence-electron chi connectivity index (χ2n) is 5.85. The molecule has 5 heteroatoms. The van der Waals surface area contributed by atoms with Gasteiger partial charge in [-0.3, -0.25) is 14.5 Å². The van der Waals surface area contributed by atoms with E-state index in [4.69, 9.17) is 5.11 Å². The summed E-state index contributed by atoms with van der Waals surface area (Å²) in [6.07, 6.45) is 4.47. The Bertz CT molecular complexity index is 331. The third-order valence-electron chi connectivity index (χ3n) is 4.10. The summed E-state index contributed by atoms with van der Waals surface area (Å²) < 4.78 is 0. The van der Waals surface area contributed by atoms with E-state index in [2.05, 4.69) is 6.92 Å². The molecule has 0 radical (unpaired) electrons. The van der Waals surface area contributed by atoms with E-state index < -0.39 is 5.97 Å². The van der Waals surface area contributed by atoms with E-state index in [9.17, 15) is 9.59 Å². The van der Waals surface area contributed by atoms with Crippen molar-refractivity contribution in [2.75, 3.05) is 19.6 Å². The van der Waals surface area contributed by atoms with E-state index >= 15 is 0 Å². The van der Waals surface area contributed by atoms with Crippen LogP contribution in [0.4, 0.5) is 0 Å². The first kappa shape index (κ1) is 17.0. The first-order chi connectivity index (χ1) is 9.45. The molecular formula is C15H28N2O3. The fraction of sp³-hybridized carbons (Fsp3) is 0.867. The topological polar surface area (TPSA) is 60.9 Å². The predicted molar refractivity (Wildman–Crippen MR) is 78.6 cm³/mol. The van der Waals surface area contributed by atoms with E-state index in [1.54, 1.807) is 0 Å². The molecule has 0 spiro atoms. The van der Waals surface area contributed by atoms with Crippen molar-refractivity contribution in [2.45, 2.75) is 65.0 Å². The van der Waals surface area contributed by atoms with Gasteiger partial charge >= 0.3 is 5.97 Å². The molecule has 1 saturated heterocycles. The summed E-state index contributed by atoms with van der Waals surface area (Å²) in [4.78, 5) is 27.1. The first-order valence-electron chi connectivity index (χ1n) is 7.71. The zero-order valence-corrected chi connectivity index (χ0v) is 13.0. The third kappa shape index (κ3) is 5.12. The van der Waals surface area contributed by atoms with Crippen LogP contribution in [0.3, 0.4) is 0 Å². The maximum absolute atomic E-state index is 12.5. The number of hydrogen-bond acceptors (Lipinski definition) is 3. The van der Waals surface area contributed by atoms with Crippen molar-refractivity contribution in [3.63, 3.8) is 0 Å². The summed E-state index contributed by atoms with van der Waals surface area (Å²) in [5.41, 5.74) is 0. The van der Waals surface area contributed by atoms with Crippen molar-refractivity contribution < 1.29 is 14.7 Å². The van der Waals surface area contributed by atoms with Gasteiger partial charge in [-0.2, -0.15) is 0 Å². The molecule has 5 nitrogen and oxygen atoms in total. The van der Waals surface area contributed by atoms with E-state index in [-0.39, 0.29) is 18.4 Å². The molecule has 0 bridgehead atoms. The first-order valence-corrected chi connectivity index (χ1v) is 7.71. The van der Waals surface area contributed by atoms with Gasteiger partial charge in [0, 0.05) is 25.2 Å². The highest BCUT2D eigenvalue weighted by atomic mass is 16.4. The molecule has 1 aliphatic heterocycles. The SMILES string of the molecule is CCC1CCCCN1C(=O)CN(CCC(=O)O)C(C)C. The van der Waals surface area contributed by atoms with Gasteiger partial charge in [-0.05, 0) is 39.5 Å². The minimum Gasteiger partial charge on any atom is -0.481 e. The number of hydrogen-bond donors (Lipinski definition) is 1. The van der Waals surface area contributed by atoms with Gasteiger partial charge in [0.15, 0.2) is 0 Å². The Morgan fingerprint density at radius 1 is 1.35 bits per heavy atom. The molecule has 1 heterocycles. The number of nitrogens with zero attached hydrogens (tertiary/aromatic N) is 2. The summed E-state index contributed by atoms with van der Waals surface area (Å²) in [6.45, 7) is 7.75. The van der Waals surface area contributed by atoms with Gasteiger partial charge in [-0.1, -0.05) is 6.92 Å². The Morgan fingerprint density at radius 2 is 2.05 bits per heavy atom. The van der Waals surface area contributed by atoms with Gasteiger partial charge < -0.3 is 10.0 Å². The summed E-state index contributed by atoms with van der Waals surface area (Å²) in [5, 5.41) is 8.79. The molecule has 1 fully saturated rings. The monoisotopic (exact) mass is 284 g/mol. The summed E-state index contributed by atoms with van der Waals surface area (Å²) in [5.74, 6) is -0.664. The molecule has 1 atom stereocenters. The Kier molecular flexibility index (Phi) is 6.99. The molecular weight excluding hydrogens is 256 g/mol. The van der Waals surface area contributed by atoms with Crippen LogP contribution in [0.25, 0.3) is 0 Å². The lowest BCUT2D eigenvalue weighted by Gasteiger charge is -2.37. The molecule has 1 rings (SSSR count). The number of carboxylic acid groups (broad SMARTS) is 1. The van der Waals surface area contributed by atoms with Crippen molar-refractivity contribution in [1.82, 2.24) is 9.80 Å². The normalized spacial score (nSPS) is 19.6. The Balaban J connectivity index is 2.57. The van der Waals surface area contributed by atoms with E-state index in [1.165, 1.54) is 6.42 Å². The number of carbonyl (C=O) groups is 2. The number of carbonyl (C=O) groups excluding carboxylic acids is 1. The lowest BCUT2D eigenvalue weighted by atomic mass is 10.00. The van der Waals surface area contributed by atoms with E-state index in [0.29, 0.717) is 19.1 Å². The average Bonchev–Trinajstić information content (AvgIpc) is 2.42. The molecule has 0 aromatic heterocycles. The molecule has 0 aliphatic carbocycles. The van der Waals surface area contributed by atoms with Crippen molar-refractivity contribution >= 4 is 11.9 Å². The van der Waals surface area contributed by atoms with Crippen LogP contribution in [0.2, 0.25) is 0 Å².